The molecule has 0 aliphatic carbocycles. The number of nitrogen functional groups attached to an aromatic ring is 1. The summed E-state index contributed by atoms with van der Waals surface area (Å²) in [5, 5.41) is 3.98. The molecule has 0 bridgehead atoms. The van der Waals surface area contributed by atoms with E-state index in [1.165, 1.54) is 12.1 Å². The van der Waals surface area contributed by atoms with Gasteiger partial charge in [0.2, 0.25) is 0 Å². The summed E-state index contributed by atoms with van der Waals surface area (Å²) in [4.78, 5) is 21.9. The van der Waals surface area contributed by atoms with Crippen LogP contribution in [0.25, 0.3) is 0 Å². The second-order valence-corrected chi connectivity index (χ2v) is 6.01. The molecule has 0 saturated carbocycles. The topological polar surface area (TPSA) is 86.8 Å². The molecule has 0 radical (unpaired) electrons. The van der Waals surface area contributed by atoms with Crippen LogP contribution in [0, 0.1) is 12.7 Å². The predicted molar refractivity (Wildman–Crippen MR) is 90.6 cm³/mol. The monoisotopic (exact) mass is 363 g/mol. The molecule has 8 heteroatoms. The fraction of sp³-hybridized carbons (Fsp3) is 0.235. The Morgan fingerprint density at radius 2 is 2.16 bits per heavy atom. The average molecular weight is 364 g/mol. The van der Waals surface area contributed by atoms with E-state index in [0.717, 1.165) is 0 Å². The molecule has 1 aromatic heterocycles. The van der Waals surface area contributed by atoms with Crippen molar-refractivity contribution < 1.29 is 18.8 Å². The fourth-order valence-electron chi connectivity index (χ4n) is 2.32. The van der Waals surface area contributed by atoms with E-state index in [1.807, 2.05) is 0 Å². The second kappa shape index (κ2) is 7.06. The molecule has 3 rings (SSSR count). The van der Waals surface area contributed by atoms with Crippen LogP contribution in [0.3, 0.4) is 0 Å². The minimum absolute atomic E-state index is 0.000760. The van der Waals surface area contributed by atoms with Crippen molar-refractivity contribution in [2.75, 3.05) is 5.73 Å². The average Bonchev–Trinajstić information content (AvgIpc) is 3.03. The Kier molecular flexibility index (Phi) is 4.85. The van der Waals surface area contributed by atoms with Gasteiger partial charge in [-0.25, -0.2) is 14.2 Å². The molecule has 1 atom stereocenters. The molecule has 1 aliphatic rings. The first-order valence-electron chi connectivity index (χ1n) is 7.51. The van der Waals surface area contributed by atoms with Crippen LogP contribution < -0.4 is 5.73 Å². The number of esters is 1. The molecule has 0 amide bonds. The number of rotatable bonds is 4. The summed E-state index contributed by atoms with van der Waals surface area (Å²) < 4.78 is 18.2. The number of benzene rings is 1. The van der Waals surface area contributed by atoms with Crippen LogP contribution in [0.5, 0.6) is 0 Å². The van der Waals surface area contributed by atoms with Gasteiger partial charge in [0, 0.05) is 17.7 Å². The highest BCUT2D eigenvalue weighted by Crippen LogP contribution is 2.30. The molecular weight excluding hydrogens is 349 g/mol. The van der Waals surface area contributed by atoms with Crippen molar-refractivity contribution in [1.29, 1.82) is 0 Å². The number of ether oxygens (including phenoxy) is 1. The molecule has 1 aliphatic heterocycles. The van der Waals surface area contributed by atoms with Crippen LogP contribution in [0.4, 0.5) is 10.1 Å². The molecule has 130 valence electrons. The van der Waals surface area contributed by atoms with Crippen molar-refractivity contribution in [3.63, 3.8) is 0 Å². The number of anilines is 1. The van der Waals surface area contributed by atoms with E-state index in [1.54, 1.807) is 25.1 Å². The number of halogens is 2. The highest BCUT2D eigenvalue weighted by Gasteiger charge is 2.26. The van der Waals surface area contributed by atoms with Crippen molar-refractivity contribution in [3.05, 3.63) is 58.7 Å². The first-order chi connectivity index (χ1) is 11.9. The Bertz CT molecular complexity index is 840. The van der Waals surface area contributed by atoms with Crippen molar-refractivity contribution in [2.45, 2.75) is 26.1 Å². The predicted octanol–water partition coefficient (Wildman–Crippen LogP) is 3.48. The Balaban J connectivity index is 1.77. The molecule has 0 fully saturated rings. The zero-order valence-corrected chi connectivity index (χ0v) is 14.1. The van der Waals surface area contributed by atoms with Gasteiger partial charge in [-0.15, -0.1) is 0 Å². The highest BCUT2D eigenvalue weighted by atomic mass is 35.5. The molecule has 2 N–H and O–H groups in total. The van der Waals surface area contributed by atoms with Gasteiger partial charge < -0.3 is 15.3 Å². The SMILES string of the molecule is Cc1c(N)cc(C2CC(Cl)=NO2)nc1C(=O)OCc1ccc(F)cc1. The third-order valence-electron chi connectivity index (χ3n) is 3.77. The van der Waals surface area contributed by atoms with Gasteiger partial charge in [-0.1, -0.05) is 28.9 Å². The number of oxime groups is 1. The molecule has 6 nitrogen and oxygen atoms in total. The van der Waals surface area contributed by atoms with Crippen LogP contribution >= 0.6 is 11.6 Å². The van der Waals surface area contributed by atoms with Gasteiger partial charge in [-0.2, -0.15) is 0 Å². The number of aromatic nitrogens is 1. The van der Waals surface area contributed by atoms with Crippen LogP contribution in [0.2, 0.25) is 0 Å². The van der Waals surface area contributed by atoms with Gasteiger partial charge >= 0.3 is 5.97 Å². The van der Waals surface area contributed by atoms with E-state index in [9.17, 15) is 9.18 Å². The Labute approximate surface area is 148 Å². The summed E-state index contributed by atoms with van der Waals surface area (Å²) in [5.74, 6) is -0.981. The first-order valence-corrected chi connectivity index (χ1v) is 7.88. The summed E-state index contributed by atoms with van der Waals surface area (Å²) in [6.07, 6.45) is -0.125. The third-order valence-corrected chi connectivity index (χ3v) is 4.00. The molecule has 0 saturated heterocycles. The number of hydrogen-bond acceptors (Lipinski definition) is 6. The van der Waals surface area contributed by atoms with Crippen LogP contribution in [-0.4, -0.2) is 16.1 Å². The number of carbonyl (C=O) groups excluding carboxylic acids is 1. The maximum atomic E-state index is 12.9. The number of hydrogen-bond donors (Lipinski definition) is 1. The van der Waals surface area contributed by atoms with Gasteiger partial charge in [0.05, 0.1) is 5.69 Å². The molecule has 2 aromatic rings. The van der Waals surface area contributed by atoms with Crippen molar-refractivity contribution in [3.8, 4) is 0 Å². The van der Waals surface area contributed by atoms with Crippen molar-refractivity contribution >= 4 is 28.4 Å². The normalized spacial score (nSPS) is 16.3. The van der Waals surface area contributed by atoms with Crippen LogP contribution in [0.15, 0.2) is 35.5 Å². The minimum atomic E-state index is -0.625. The molecule has 1 aromatic carbocycles. The van der Waals surface area contributed by atoms with Crippen LogP contribution in [-0.2, 0) is 16.2 Å². The smallest absolute Gasteiger partial charge is 0.357 e. The van der Waals surface area contributed by atoms with Crippen LogP contribution in [0.1, 0.15) is 39.8 Å². The van der Waals surface area contributed by atoms with Crippen molar-refractivity contribution in [2.24, 2.45) is 5.16 Å². The summed E-state index contributed by atoms with van der Waals surface area (Å²) >= 11 is 5.81. The van der Waals surface area contributed by atoms with E-state index in [4.69, 9.17) is 26.9 Å². The molecule has 25 heavy (non-hydrogen) atoms. The fourth-order valence-corrected chi connectivity index (χ4v) is 2.50. The maximum Gasteiger partial charge on any atom is 0.357 e. The van der Waals surface area contributed by atoms with E-state index in [2.05, 4.69) is 10.1 Å². The summed E-state index contributed by atoms with van der Waals surface area (Å²) in [6, 6.07) is 7.31. The standard InChI is InChI=1S/C17H15ClFN3O3/c1-9-12(20)6-13(14-7-15(18)22-25-14)21-16(9)17(23)24-8-10-2-4-11(19)5-3-10/h2-6,14H,7-8H2,1H3,(H2,20,21). The number of nitrogens with two attached hydrogens (primary N) is 1. The quantitative estimate of drug-likeness (QED) is 0.840. The summed E-state index contributed by atoms with van der Waals surface area (Å²) in [6.45, 7) is 1.68. The van der Waals surface area contributed by atoms with E-state index in [0.29, 0.717) is 34.1 Å². The zero-order valence-electron chi connectivity index (χ0n) is 13.3. The van der Waals surface area contributed by atoms with Gasteiger partial charge in [-0.05, 0) is 30.7 Å². The number of nitrogens with zero attached hydrogens (tertiary/aromatic N) is 2. The summed E-state index contributed by atoms with van der Waals surface area (Å²) in [7, 11) is 0. The zero-order chi connectivity index (χ0) is 18.0. The van der Waals surface area contributed by atoms with Gasteiger partial charge in [0.25, 0.3) is 0 Å². The second-order valence-electron chi connectivity index (χ2n) is 5.58. The van der Waals surface area contributed by atoms with Crippen molar-refractivity contribution in [1.82, 2.24) is 4.98 Å². The van der Waals surface area contributed by atoms with E-state index < -0.39 is 12.1 Å². The molecular formula is C17H15ClFN3O3. The minimum Gasteiger partial charge on any atom is -0.456 e. The highest BCUT2D eigenvalue weighted by molar-refractivity contribution is 6.65. The van der Waals surface area contributed by atoms with Gasteiger partial charge in [-0.3, -0.25) is 0 Å². The molecule has 2 heterocycles. The van der Waals surface area contributed by atoms with E-state index >= 15 is 0 Å². The van der Waals surface area contributed by atoms with Gasteiger partial charge in [0.1, 0.15) is 17.6 Å². The molecule has 0 spiro atoms. The Hall–Kier alpha value is -2.67. The van der Waals surface area contributed by atoms with Gasteiger partial charge in [0.15, 0.2) is 11.8 Å². The lowest BCUT2D eigenvalue weighted by molar-refractivity contribution is 0.0461. The lowest BCUT2D eigenvalue weighted by atomic mass is 10.1. The first kappa shape index (κ1) is 17.2. The molecule has 1 unspecified atom stereocenters. The maximum absolute atomic E-state index is 12.9. The third kappa shape index (κ3) is 3.88. The number of carbonyl (C=O) groups is 1. The largest absolute Gasteiger partial charge is 0.456 e. The Morgan fingerprint density at radius 1 is 1.44 bits per heavy atom. The number of pyridine rings is 1. The Morgan fingerprint density at radius 3 is 2.80 bits per heavy atom. The lowest BCUT2D eigenvalue weighted by Gasteiger charge is -2.13. The van der Waals surface area contributed by atoms with E-state index in [-0.39, 0.29) is 18.1 Å². The summed E-state index contributed by atoms with van der Waals surface area (Å²) in [5.41, 5.74) is 8.09. The lowest BCUT2D eigenvalue weighted by Crippen LogP contribution is -2.14.